The van der Waals surface area contributed by atoms with E-state index in [1.54, 1.807) is 0 Å². The maximum atomic E-state index is 5.91. The molecule has 2 rings (SSSR count). The van der Waals surface area contributed by atoms with Crippen LogP contribution in [0.1, 0.15) is 45.4 Å². The summed E-state index contributed by atoms with van der Waals surface area (Å²) in [5, 5.41) is 0. The minimum Gasteiger partial charge on any atom is -0.328 e. The summed E-state index contributed by atoms with van der Waals surface area (Å²) in [7, 11) is 0. The summed E-state index contributed by atoms with van der Waals surface area (Å²) < 4.78 is 0. The average molecular weight is 196 g/mol. The molecule has 0 aromatic heterocycles. The molecule has 2 fully saturated rings. The largest absolute Gasteiger partial charge is 0.328 e. The Morgan fingerprint density at radius 1 is 1.29 bits per heavy atom. The van der Waals surface area contributed by atoms with Gasteiger partial charge < -0.3 is 10.6 Å². The Balaban J connectivity index is 1.79. The van der Waals surface area contributed by atoms with Gasteiger partial charge in [-0.1, -0.05) is 13.3 Å². The highest BCUT2D eigenvalue weighted by Crippen LogP contribution is 2.44. The van der Waals surface area contributed by atoms with Crippen molar-refractivity contribution < 1.29 is 0 Å². The fourth-order valence-corrected chi connectivity index (χ4v) is 2.89. The second kappa shape index (κ2) is 4.19. The van der Waals surface area contributed by atoms with Crippen molar-refractivity contribution in [1.29, 1.82) is 0 Å². The maximum Gasteiger partial charge on any atom is 0.00631 e. The van der Waals surface area contributed by atoms with Crippen molar-refractivity contribution >= 4 is 0 Å². The number of nitrogens with two attached hydrogens (primary N) is 1. The third-order valence-corrected chi connectivity index (χ3v) is 4.36. The molecule has 0 spiro atoms. The molecule has 14 heavy (non-hydrogen) atoms. The Bertz CT molecular complexity index is 173. The minimum absolute atomic E-state index is 0.477. The van der Waals surface area contributed by atoms with Crippen LogP contribution >= 0.6 is 0 Å². The van der Waals surface area contributed by atoms with Crippen molar-refractivity contribution in [3.05, 3.63) is 0 Å². The van der Waals surface area contributed by atoms with Gasteiger partial charge in [-0.05, 0) is 50.6 Å². The molecule has 2 N–H and O–H groups in total. The normalized spacial score (nSPS) is 28.7. The first-order chi connectivity index (χ1) is 6.74. The van der Waals surface area contributed by atoms with E-state index in [2.05, 4.69) is 11.8 Å². The Morgan fingerprint density at radius 2 is 1.93 bits per heavy atom. The predicted molar refractivity (Wildman–Crippen MR) is 60.2 cm³/mol. The van der Waals surface area contributed by atoms with E-state index in [9.17, 15) is 0 Å². The lowest BCUT2D eigenvalue weighted by Crippen LogP contribution is -2.47. The Hall–Kier alpha value is -0.0800. The van der Waals surface area contributed by atoms with Crippen LogP contribution in [0.4, 0.5) is 0 Å². The molecule has 2 nitrogen and oxygen atoms in total. The van der Waals surface area contributed by atoms with E-state index in [0.717, 1.165) is 0 Å². The molecule has 1 aliphatic carbocycles. The molecule has 0 atom stereocenters. The van der Waals surface area contributed by atoms with E-state index in [1.807, 2.05) is 0 Å². The molecular weight excluding hydrogens is 172 g/mol. The molecule has 1 heterocycles. The zero-order valence-corrected chi connectivity index (χ0v) is 9.47. The lowest BCUT2D eigenvalue weighted by molar-refractivity contribution is 0.0508. The predicted octanol–water partition coefficient (Wildman–Crippen LogP) is 1.99. The number of nitrogens with zero attached hydrogens (tertiary/aromatic N) is 1. The van der Waals surface area contributed by atoms with Crippen LogP contribution in [-0.2, 0) is 0 Å². The Labute approximate surface area is 87.8 Å². The molecule has 0 radical (unpaired) electrons. The first-order valence-electron chi connectivity index (χ1n) is 6.22. The number of hydrogen-bond donors (Lipinski definition) is 1. The maximum absolute atomic E-state index is 5.91. The molecule has 0 amide bonds. The minimum atomic E-state index is 0.477. The van der Waals surface area contributed by atoms with Gasteiger partial charge in [-0.3, -0.25) is 0 Å². The van der Waals surface area contributed by atoms with Gasteiger partial charge >= 0.3 is 0 Å². The van der Waals surface area contributed by atoms with Crippen molar-refractivity contribution in [2.75, 3.05) is 19.6 Å². The fourth-order valence-electron chi connectivity index (χ4n) is 2.89. The average Bonchev–Trinajstić information content (AvgIpc) is 2.15. The lowest BCUT2D eigenvalue weighted by Gasteiger charge is -2.46. The Morgan fingerprint density at radius 3 is 2.36 bits per heavy atom. The van der Waals surface area contributed by atoms with Gasteiger partial charge in [0.15, 0.2) is 0 Å². The van der Waals surface area contributed by atoms with E-state index in [1.165, 1.54) is 58.2 Å². The van der Waals surface area contributed by atoms with Crippen LogP contribution in [0.25, 0.3) is 0 Å². The van der Waals surface area contributed by atoms with E-state index in [0.29, 0.717) is 11.5 Å². The van der Waals surface area contributed by atoms with Crippen LogP contribution in [0, 0.1) is 5.41 Å². The summed E-state index contributed by atoms with van der Waals surface area (Å²) in [6.45, 7) is 6.18. The van der Waals surface area contributed by atoms with Crippen LogP contribution in [0.3, 0.4) is 0 Å². The van der Waals surface area contributed by atoms with Crippen molar-refractivity contribution in [3.63, 3.8) is 0 Å². The van der Waals surface area contributed by atoms with Gasteiger partial charge in [-0.15, -0.1) is 0 Å². The fraction of sp³-hybridized carbons (Fsp3) is 1.00. The van der Waals surface area contributed by atoms with Crippen LogP contribution in [0.15, 0.2) is 0 Å². The molecule has 2 aliphatic rings. The highest BCUT2D eigenvalue weighted by Gasteiger charge is 2.36. The number of hydrogen-bond acceptors (Lipinski definition) is 2. The van der Waals surface area contributed by atoms with Crippen LogP contribution < -0.4 is 5.73 Å². The summed E-state index contributed by atoms with van der Waals surface area (Å²) in [6.07, 6.45) is 8.18. The molecule has 0 aromatic rings. The third kappa shape index (κ3) is 2.12. The monoisotopic (exact) mass is 196 g/mol. The van der Waals surface area contributed by atoms with E-state index < -0.39 is 0 Å². The highest BCUT2D eigenvalue weighted by molar-refractivity contribution is 4.90. The number of piperidine rings is 1. The molecule has 2 heteroatoms. The molecule has 0 aromatic carbocycles. The SMILES string of the molecule is CCC1(CN2CCC(N)CC2)CCC1. The molecular formula is C12H24N2. The van der Waals surface area contributed by atoms with Crippen LogP contribution in [0.2, 0.25) is 0 Å². The second-order valence-electron chi connectivity index (χ2n) is 5.32. The smallest absolute Gasteiger partial charge is 0.00631 e. The van der Waals surface area contributed by atoms with Crippen molar-refractivity contribution in [2.24, 2.45) is 11.1 Å². The summed E-state index contributed by atoms with van der Waals surface area (Å²) in [6, 6.07) is 0.477. The van der Waals surface area contributed by atoms with Crippen molar-refractivity contribution in [1.82, 2.24) is 4.90 Å². The van der Waals surface area contributed by atoms with Gasteiger partial charge in [-0.25, -0.2) is 0 Å². The highest BCUT2D eigenvalue weighted by atomic mass is 15.1. The van der Waals surface area contributed by atoms with E-state index in [4.69, 9.17) is 5.73 Å². The zero-order valence-electron chi connectivity index (χ0n) is 9.47. The zero-order chi connectivity index (χ0) is 10.0. The third-order valence-electron chi connectivity index (χ3n) is 4.36. The molecule has 1 saturated carbocycles. The summed E-state index contributed by atoms with van der Waals surface area (Å²) >= 11 is 0. The quantitative estimate of drug-likeness (QED) is 0.748. The van der Waals surface area contributed by atoms with Crippen molar-refractivity contribution in [2.45, 2.75) is 51.5 Å². The van der Waals surface area contributed by atoms with Crippen molar-refractivity contribution in [3.8, 4) is 0 Å². The molecule has 82 valence electrons. The van der Waals surface area contributed by atoms with Crippen LogP contribution in [0.5, 0.6) is 0 Å². The molecule has 0 unspecified atom stereocenters. The number of likely N-dealkylation sites (tertiary alicyclic amines) is 1. The molecule has 1 aliphatic heterocycles. The van der Waals surface area contributed by atoms with Gasteiger partial charge in [-0.2, -0.15) is 0 Å². The van der Waals surface area contributed by atoms with E-state index >= 15 is 0 Å². The van der Waals surface area contributed by atoms with Gasteiger partial charge in [0.1, 0.15) is 0 Å². The molecule has 1 saturated heterocycles. The topological polar surface area (TPSA) is 29.3 Å². The number of rotatable bonds is 3. The molecule has 0 bridgehead atoms. The summed E-state index contributed by atoms with van der Waals surface area (Å²) in [4.78, 5) is 2.64. The summed E-state index contributed by atoms with van der Waals surface area (Å²) in [5.41, 5.74) is 6.61. The lowest BCUT2D eigenvalue weighted by atomic mass is 9.66. The first-order valence-corrected chi connectivity index (χ1v) is 6.22. The summed E-state index contributed by atoms with van der Waals surface area (Å²) in [5.74, 6) is 0. The van der Waals surface area contributed by atoms with Gasteiger partial charge in [0.25, 0.3) is 0 Å². The second-order valence-corrected chi connectivity index (χ2v) is 5.32. The first kappa shape index (κ1) is 10.4. The standard InChI is InChI=1S/C12H24N2/c1-2-12(6-3-7-12)10-14-8-4-11(13)5-9-14/h11H,2-10,13H2,1H3. The Kier molecular flexibility index (Phi) is 3.13. The van der Waals surface area contributed by atoms with Gasteiger partial charge in [0, 0.05) is 12.6 Å². The van der Waals surface area contributed by atoms with E-state index in [-0.39, 0.29) is 0 Å². The van der Waals surface area contributed by atoms with Gasteiger partial charge in [0.2, 0.25) is 0 Å². The van der Waals surface area contributed by atoms with Crippen LogP contribution in [-0.4, -0.2) is 30.6 Å². The van der Waals surface area contributed by atoms with Gasteiger partial charge in [0.05, 0.1) is 0 Å².